The SMILES string of the molecule is C/C=C(/CC)c1ccc2cc(C(=O)OCC)oc2c1. The molecule has 1 aromatic heterocycles. The molecule has 1 aromatic carbocycles. The van der Waals surface area contributed by atoms with Gasteiger partial charge < -0.3 is 9.15 Å². The molecule has 100 valence electrons. The van der Waals surface area contributed by atoms with Gasteiger partial charge in [-0.05, 0) is 43.5 Å². The second-order valence-electron chi connectivity index (χ2n) is 4.25. The van der Waals surface area contributed by atoms with E-state index in [1.165, 1.54) is 5.57 Å². The molecule has 0 aliphatic rings. The maximum atomic E-state index is 11.6. The van der Waals surface area contributed by atoms with Crippen LogP contribution in [0, 0.1) is 0 Å². The zero-order chi connectivity index (χ0) is 13.8. The Balaban J connectivity index is 2.41. The van der Waals surface area contributed by atoms with Crippen LogP contribution >= 0.6 is 0 Å². The first-order valence-corrected chi connectivity index (χ1v) is 6.55. The molecule has 0 saturated heterocycles. The quantitative estimate of drug-likeness (QED) is 0.762. The highest BCUT2D eigenvalue weighted by atomic mass is 16.5. The molecule has 3 nitrogen and oxygen atoms in total. The molecule has 0 fully saturated rings. The predicted octanol–water partition coefficient (Wildman–Crippen LogP) is 4.42. The van der Waals surface area contributed by atoms with Crippen molar-refractivity contribution < 1.29 is 13.9 Å². The number of fused-ring (bicyclic) bond motifs is 1. The Labute approximate surface area is 112 Å². The first-order valence-electron chi connectivity index (χ1n) is 6.55. The van der Waals surface area contributed by atoms with E-state index in [2.05, 4.69) is 13.0 Å². The van der Waals surface area contributed by atoms with Crippen molar-refractivity contribution in [3.8, 4) is 0 Å². The summed E-state index contributed by atoms with van der Waals surface area (Å²) >= 11 is 0. The van der Waals surface area contributed by atoms with E-state index in [9.17, 15) is 4.79 Å². The van der Waals surface area contributed by atoms with Crippen LogP contribution in [0.15, 0.2) is 34.8 Å². The van der Waals surface area contributed by atoms with Gasteiger partial charge in [-0.1, -0.05) is 25.1 Å². The van der Waals surface area contributed by atoms with Gasteiger partial charge in [0.25, 0.3) is 0 Å². The zero-order valence-electron chi connectivity index (χ0n) is 11.5. The van der Waals surface area contributed by atoms with Crippen LogP contribution in [0.2, 0.25) is 0 Å². The van der Waals surface area contributed by atoms with Crippen LogP contribution in [0.25, 0.3) is 16.5 Å². The summed E-state index contributed by atoms with van der Waals surface area (Å²) in [7, 11) is 0. The molecule has 0 aliphatic heterocycles. The first-order chi connectivity index (χ1) is 9.19. The van der Waals surface area contributed by atoms with Gasteiger partial charge in [0.05, 0.1) is 6.61 Å². The molecule has 19 heavy (non-hydrogen) atoms. The number of furan rings is 1. The van der Waals surface area contributed by atoms with Crippen LogP contribution < -0.4 is 0 Å². The van der Waals surface area contributed by atoms with Crippen molar-refractivity contribution in [3.63, 3.8) is 0 Å². The molecule has 0 aliphatic carbocycles. The van der Waals surface area contributed by atoms with Gasteiger partial charge in [-0.2, -0.15) is 0 Å². The number of hydrogen-bond acceptors (Lipinski definition) is 3. The van der Waals surface area contributed by atoms with E-state index in [-0.39, 0.29) is 5.76 Å². The fourth-order valence-corrected chi connectivity index (χ4v) is 2.11. The van der Waals surface area contributed by atoms with Crippen molar-refractivity contribution in [2.24, 2.45) is 0 Å². The van der Waals surface area contributed by atoms with Gasteiger partial charge in [0, 0.05) is 5.39 Å². The minimum atomic E-state index is -0.415. The average molecular weight is 258 g/mol. The molecule has 0 N–H and O–H groups in total. The topological polar surface area (TPSA) is 39.4 Å². The summed E-state index contributed by atoms with van der Waals surface area (Å²) in [5.74, 6) is -0.158. The van der Waals surface area contributed by atoms with Crippen molar-refractivity contribution in [1.82, 2.24) is 0 Å². The number of ether oxygens (including phenoxy) is 1. The van der Waals surface area contributed by atoms with Crippen molar-refractivity contribution in [2.75, 3.05) is 6.61 Å². The number of carbonyl (C=O) groups is 1. The predicted molar refractivity (Wildman–Crippen MR) is 76.1 cm³/mol. The van der Waals surface area contributed by atoms with E-state index in [0.717, 1.165) is 17.4 Å². The molecule has 0 spiro atoms. The molecule has 3 heteroatoms. The number of rotatable bonds is 4. The lowest BCUT2D eigenvalue weighted by molar-refractivity contribution is 0.0492. The molecule has 0 saturated carbocycles. The number of benzene rings is 1. The van der Waals surface area contributed by atoms with Crippen molar-refractivity contribution in [3.05, 3.63) is 41.7 Å². The molecule has 2 rings (SSSR count). The highest BCUT2D eigenvalue weighted by Crippen LogP contribution is 2.26. The third-order valence-electron chi connectivity index (χ3n) is 3.10. The number of esters is 1. The van der Waals surface area contributed by atoms with Crippen molar-refractivity contribution in [2.45, 2.75) is 27.2 Å². The minimum absolute atomic E-state index is 0.257. The Hall–Kier alpha value is -2.03. The van der Waals surface area contributed by atoms with Crippen LogP contribution in [-0.2, 0) is 4.74 Å². The monoisotopic (exact) mass is 258 g/mol. The van der Waals surface area contributed by atoms with E-state index in [4.69, 9.17) is 9.15 Å². The van der Waals surface area contributed by atoms with Crippen LogP contribution in [0.3, 0.4) is 0 Å². The lowest BCUT2D eigenvalue weighted by atomic mass is 10.0. The molecular formula is C16H18O3. The number of hydrogen-bond donors (Lipinski definition) is 0. The molecule has 2 aromatic rings. The van der Waals surface area contributed by atoms with Crippen LogP contribution in [0.4, 0.5) is 0 Å². The van der Waals surface area contributed by atoms with Crippen molar-refractivity contribution in [1.29, 1.82) is 0 Å². The molecular weight excluding hydrogens is 240 g/mol. The summed E-state index contributed by atoms with van der Waals surface area (Å²) in [5.41, 5.74) is 3.10. The van der Waals surface area contributed by atoms with E-state index < -0.39 is 5.97 Å². The maximum Gasteiger partial charge on any atom is 0.374 e. The Morgan fingerprint density at radius 2 is 2.11 bits per heavy atom. The molecule has 0 atom stereocenters. The Bertz CT molecular complexity index is 620. The summed E-state index contributed by atoms with van der Waals surface area (Å²) in [6, 6.07) is 7.71. The van der Waals surface area contributed by atoms with Gasteiger partial charge in [-0.3, -0.25) is 0 Å². The normalized spacial score (nSPS) is 11.8. The van der Waals surface area contributed by atoms with E-state index in [1.54, 1.807) is 13.0 Å². The third-order valence-corrected chi connectivity index (χ3v) is 3.10. The highest BCUT2D eigenvalue weighted by molar-refractivity contribution is 5.93. The number of allylic oxidation sites excluding steroid dienone is 2. The minimum Gasteiger partial charge on any atom is -0.460 e. The lowest BCUT2D eigenvalue weighted by Crippen LogP contribution is -2.02. The van der Waals surface area contributed by atoms with Gasteiger partial charge >= 0.3 is 5.97 Å². The maximum absolute atomic E-state index is 11.6. The Morgan fingerprint density at radius 1 is 1.32 bits per heavy atom. The van der Waals surface area contributed by atoms with E-state index in [1.807, 2.05) is 25.1 Å². The van der Waals surface area contributed by atoms with Gasteiger partial charge in [0.2, 0.25) is 5.76 Å². The molecule has 0 amide bonds. The van der Waals surface area contributed by atoms with Gasteiger partial charge in [0.15, 0.2) is 0 Å². The lowest BCUT2D eigenvalue weighted by Gasteiger charge is -2.03. The average Bonchev–Trinajstić information content (AvgIpc) is 2.83. The third kappa shape index (κ3) is 2.70. The molecule has 0 bridgehead atoms. The summed E-state index contributed by atoms with van der Waals surface area (Å²) in [4.78, 5) is 11.6. The highest BCUT2D eigenvalue weighted by Gasteiger charge is 2.13. The second kappa shape index (κ2) is 5.74. The largest absolute Gasteiger partial charge is 0.460 e. The summed E-state index contributed by atoms with van der Waals surface area (Å²) in [5, 5.41) is 0.915. The fraction of sp³-hybridized carbons (Fsp3) is 0.312. The smallest absolute Gasteiger partial charge is 0.374 e. The standard InChI is InChI=1S/C16H18O3/c1-4-11(5-2)12-7-8-13-10-15(16(17)18-6-3)19-14(13)9-12/h4,7-10H,5-6H2,1-3H3/b11-4-. The van der Waals surface area contributed by atoms with Crippen LogP contribution in [-0.4, -0.2) is 12.6 Å². The van der Waals surface area contributed by atoms with E-state index >= 15 is 0 Å². The van der Waals surface area contributed by atoms with Crippen LogP contribution in [0.1, 0.15) is 43.3 Å². The summed E-state index contributed by atoms with van der Waals surface area (Å²) in [6.07, 6.45) is 3.06. The first kappa shape index (κ1) is 13.4. The Morgan fingerprint density at radius 3 is 2.74 bits per heavy atom. The zero-order valence-corrected chi connectivity index (χ0v) is 11.5. The molecule has 1 heterocycles. The Kier molecular flexibility index (Phi) is 4.05. The fourth-order valence-electron chi connectivity index (χ4n) is 2.11. The van der Waals surface area contributed by atoms with Crippen LogP contribution in [0.5, 0.6) is 0 Å². The van der Waals surface area contributed by atoms with Gasteiger partial charge in [-0.25, -0.2) is 4.79 Å². The van der Waals surface area contributed by atoms with E-state index in [0.29, 0.717) is 12.2 Å². The van der Waals surface area contributed by atoms with Crippen molar-refractivity contribution >= 4 is 22.5 Å². The van der Waals surface area contributed by atoms with Gasteiger partial charge in [-0.15, -0.1) is 0 Å². The molecule has 0 radical (unpaired) electrons. The van der Waals surface area contributed by atoms with Gasteiger partial charge in [0.1, 0.15) is 5.58 Å². The second-order valence-corrected chi connectivity index (χ2v) is 4.25. The number of carbonyl (C=O) groups excluding carboxylic acids is 1. The summed E-state index contributed by atoms with van der Waals surface area (Å²) < 4.78 is 10.5. The molecule has 0 unspecified atom stereocenters. The summed E-state index contributed by atoms with van der Waals surface area (Å²) in [6.45, 7) is 6.26.